The first-order valence-corrected chi connectivity index (χ1v) is 5.67. The average Bonchev–Trinajstić information content (AvgIpc) is 2.26. The summed E-state index contributed by atoms with van der Waals surface area (Å²) in [4.78, 5) is 9.03. The monoisotopic (exact) mass is 212 g/mol. The maximum absolute atomic E-state index is 6.01. The van der Waals surface area contributed by atoms with Crippen molar-refractivity contribution < 1.29 is 0 Å². The lowest BCUT2D eigenvalue weighted by atomic mass is 10.1. The Kier molecular flexibility index (Phi) is 3.97. The quantitative estimate of drug-likeness (QED) is 0.476. The third-order valence-corrected chi connectivity index (χ3v) is 2.49. The number of likely N-dealkylation sites (N-methyl/N-ethyl adjacent to an activating group) is 1. The van der Waals surface area contributed by atoms with Gasteiger partial charge in [0.1, 0.15) is 0 Å². The van der Waals surface area contributed by atoms with Crippen molar-refractivity contribution in [3.05, 3.63) is 0 Å². The van der Waals surface area contributed by atoms with Crippen molar-refractivity contribution in [1.29, 1.82) is 0 Å². The Labute approximate surface area is 93.1 Å². The van der Waals surface area contributed by atoms with Gasteiger partial charge in [-0.2, -0.15) is 0 Å². The molecule has 0 spiro atoms. The van der Waals surface area contributed by atoms with E-state index in [1.54, 1.807) is 0 Å². The molecule has 0 bridgehead atoms. The van der Waals surface area contributed by atoms with E-state index in [2.05, 4.69) is 42.6 Å². The molecule has 2 N–H and O–H groups in total. The van der Waals surface area contributed by atoms with Gasteiger partial charge in [0.05, 0.1) is 5.54 Å². The van der Waals surface area contributed by atoms with Crippen LogP contribution in [0.1, 0.15) is 27.2 Å². The maximum atomic E-state index is 6.01. The largest absolute Gasteiger partial charge is 0.370 e. The van der Waals surface area contributed by atoms with Gasteiger partial charge in [-0.1, -0.05) is 0 Å². The Morgan fingerprint density at radius 3 is 2.40 bits per heavy atom. The molecule has 1 aliphatic rings. The van der Waals surface area contributed by atoms with Gasteiger partial charge in [0.2, 0.25) is 0 Å². The summed E-state index contributed by atoms with van der Waals surface area (Å²) in [5, 5.41) is 0. The van der Waals surface area contributed by atoms with Gasteiger partial charge >= 0.3 is 0 Å². The lowest BCUT2D eigenvalue weighted by Crippen LogP contribution is -2.41. The van der Waals surface area contributed by atoms with Gasteiger partial charge in [-0.3, -0.25) is 0 Å². The van der Waals surface area contributed by atoms with Crippen LogP contribution in [0.25, 0.3) is 0 Å². The van der Waals surface area contributed by atoms with Gasteiger partial charge in [0.25, 0.3) is 0 Å². The van der Waals surface area contributed by atoms with Crippen molar-refractivity contribution in [2.45, 2.75) is 32.7 Å². The summed E-state index contributed by atoms with van der Waals surface area (Å²) in [6.07, 6.45) is 1.16. The highest BCUT2D eigenvalue weighted by Gasteiger charge is 2.16. The predicted octanol–water partition coefficient (Wildman–Crippen LogP) is 0.737. The fourth-order valence-electron chi connectivity index (χ4n) is 1.69. The van der Waals surface area contributed by atoms with Crippen LogP contribution in [0.2, 0.25) is 0 Å². The first kappa shape index (κ1) is 12.3. The van der Waals surface area contributed by atoms with Gasteiger partial charge in [-0.15, -0.1) is 0 Å². The van der Waals surface area contributed by atoms with E-state index in [1.165, 1.54) is 0 Å². The van der Waals surface area contributed by atoms with Gasteiger partial charge in [-0.25, -0.2) is 4.99 Å². The summed E-state index contributed by atoms with van der Waals surface area (Å²) in [6.45, 7) is 10.5. The fraction of sp³-hybridized carbons (Fsp3) is 0.909. The lowest BCUT2D eigenvalue weighted by Gasteiger charge is -2.24. The fourth-order valence-corrected chi connectivity index (χ4v) is 1.69. The zero-order valence-corrected chi connectivity index (χ0v) is 10.5. The van der Waals surface area contributed by atoms with Crippen molar-refractivity contribution in [3.8, 4) is 0 Å². The SMILES string of the molecule is CN1CCCN(C(N)=NC(C)(C)C)CC1. The summed E-state index contributed by atoms with van der Waals surface area (Å²) < 4.78 is 0. The molecule has 0 atom stereocenters. The minimum atomic E-state index is -0.0811. The first-order chi connectivity index (χ1) is 6.88. The predicted molar refractivity (Wildman–Crippen MR) is 65.1 cm³/mol. The van der Waals surface area contributed by atoms with E-state index in [0.717, 1.165) is 32.6 Å². The Hall–Kier alpha value is -0.770. The molecule has 0 amide bonds. The minimum Gasteiger partial charge on any atom is -0.370 e. The van der Waals surface area contributed by atoms with Crippen LogP contribution in [0.3, 0.4) is 0 Å². The maximum Gasteiger partial charge on any atom is 0.191 e. The van der Waals surface area contributed by atoms with Crippen molar-refractivity contribution in [1.82, 2.24) is 9.80 Å². The van der Waals surface area contributed by atoms with Crippen LogP contribution in [0.4, 0.5) is 0 Å². The second-order valence-electron chi connectivity index (χ2n) is 5.28. The molecule has 4 heteroatoms. The molecule has 1 saturated heterocycles. The van der Waals surface area contributed by atoms with Crippen molar-refractivity contribution in [2.75, 3.05) is 33.2 Å². The summed E-state index contributed by atoms with van der Waals surface area (Å²) in [5.74, 6) is 0.692. The van der Waals surface area contributed by atoms with Crippen LogP contribution in [0.15, 0.2) is 4.99 Å². The van der Waals surface area contributed by atoms with Gasteiger partial charge in [0, 0.05) is 19.6 Å². The van der Waals surface area contributed by atoms with Crippen LogP contribution in [0.5, 0.6) is 0 Å². The molecule has 0 saturated carbocycles. The van der Waals surface area contributed by atoms with Crippen LogP contribution < -0.4 is 5.73 Å². The lowest BCUT2D eigenvalue weighted by molar-refractivity contribution is 0.344. The van der Waals surface area contributed by atoms with Crippen LogP contribution in [-0.2, 0) is 0 Å². The Balaban J connectivity index is 2.59. The highest BCUT2D eigenvalue weighted by molar-refractivity contribution is 5.78. The Morgan fingerprint density at radius 1 is 1.13 bits per heavy atom. The molecule has 88 valence electrons. The van der Waals surface area contributed by atoms with E-state index in [1.807, 2.05) is 0 Å². The average molecular weight is 212 g/mol. The van der Waals surface area contributed by atoms with Crippen LogP contribution in [0, 0.1) is 0 Å². The van der Waals surface area contributed by atoms with Gasteiger partial charge in [-0.05, 0) is 40.8 Å². The van der Waals surface area contributed by atoms with E-state index in [4.69, 9.17) is 5.73 Å². The number of nitrogens with zero attached hydrogens (tertiary/aromatic N) is 3. The summed E-state index contributed by atoms with van der Waals surface area (Å²) in [7, 11) is 2.15. The molecule has 1 aliphatic heterocycles. The molecule has 0 aromatic carbocycles. The number of guanidine groups is 1. The molecule has 4 nitrogen and oxygen atoms in total. The molecule has 0 radical (unpaired) electrons. The normalized spacial score (nSPS) is 21.6. The third-order valence-electron chi connectivity index (χ3n) is 2.49. The molecule has 1 rings (SSSR count). The molecular weight excluding hydrogens is 188 g/mol. The third kappa shape index (κ3) is 4.51. The number of aliphatic imine (C=N–C) groups is 1. The topological polar surface area (TPSA) is 44.9 Å². The molecule has 0 aromatic heterocycles. The summed E-state index contributed by atoms with van der Waals surface area (Å²) in [5.41, 5.74) is 5.93. The second-order valence-corrected chi connectivity index (χ2v) is 5.28. The Bertz CT molecular complexity index is 229. The van der Waals surface area contributed by atoms with Crippen LogP contribution >= 0.6 is 0 Å². The standard InChI is InChI=1S/C11H24N4/c1-11(2,3)13-10(12)15-7-5-6-14(4)8-9-15/h5-9H2,1-4H3,(H2,12,13). The molecule has 1 heterocycles. The highest BCUT2D eigenvalue weighted by atomic mass is 15.3. The number of rotatable bonds is 0. The Morgan fingerprint density at radius 2 is 1.80 bits per heavy atom. The van der Waals surface area contributed by atoms with E-state index < -0.39 is 0 Å². The second kappa shape index (κ2) is 4.84. The van der Waals surface area contributed by atoms with E-state index in [9.17, 15) is 0 Å². The van der Waals surface area contributed by atoms with Gasteiger partial charge in [0.15, 0.2) is 5.96 Å². The zero-order valence-electron chi connectivity index (χ0n) is 10.5. The number of hydrogen-bond acceptors (Lipinski definition) is 2. The molecule has 0 aromatic rings. The van der Waals surface area contributed by atoms with E-state index in [-0.39, 0.29) is 5.54 Å². The first-order valence-electron chi connectivity index (χ1n) is 5.67. The highest BCUT2D eigenvalue weighted by Crippen LogP contribution is 2.08. The molecule has 0 unspecified atom stereocenters. The smallest absolute Gasteiger partial charge is 0.191 e. The zero-order chi connectivity index (χ0) is 11.5. The molecule has 15 heavy (non-hydrogen) atoms. The van der Waals surface area contributed by atoms with Crippen molar-refractivity contribution in [3.63, 3.8) is 0 Å². The summed E-state index contributed by atoms with van der Waals surface area (Å²) in [6, 6.07) is 0. The number of nitrogens with two attached hydrogens (primary N) is 1. The van der Waals surface area contributed by atoms with Crippen LogP contribution in [-0.4, -0.2) is 54.5 Å². The molecular formula is C11H24N4. The molecule has 1 fully saturated rings. The minimum absolute atomic E-state index is 0.0811. The van der Waals surface area contributed by atoms with Gasteiger partial charge < -0.3 is 15.5 Å². The van der Waals surface area contributed by atoms with Crippen molar-refractivity contribution in [2.24, 2.45) is 10.7 Å². The summed E-state index contributed by atoms with van der Waals surface area (Å²) >= 11 is 0. The van der Waals surface area contributed by atoms with E-state index in [0.29, 0.717) is 5.96 Å². The van der Waals surface area contributed by atoms with E-state index >= 15 is 0 Å². The van der Waals surface area contributed by atoms with Crippen molar-refractivity contribution >= 4 is 5.96 Å². The molecule has 0 aliphatic carbocycles. The number of hydrogen-bond donors (Lipinski definition) is 1.